The molecule has 2 N–H and O–H groups in total. The molecule has 0 fully saturated rings. The van der Waals surface area contributed by atoms with Crippen LogP contribution < -0.4 is 10.1 Å². The topological polar surface area (TPSA) is 41.5 Å². The van der Waals surface area contributed by atoms with Crippen LogP contribution in [0.3, 0.4) is 0 Å². The Kier molecular flexibility index (Phi) is 4.82. The van der Waals surface area contributed by atoms with Gasteiger partial charge in [0.25, 0.3) is 0 Å². The van der Waals surface area contributed by atoms with E-state index >= 15 is 0 Å². The van der Waals surface area contributed by atoms with Gasteiger partial charge in [-0.05, 0) is 35.9 Å². The molecule has 2 aromatic rings. The summed E-state index contributed by atoms with van der Waals surface area (Å²) in [6, 6.07) is 15.3. The van der Waals surface area contributed by atoms with Gasteiger partial charge in [-0.2, -0.15) is 0 Å². The van der Waals surface area contributed by atoms with Crippen molar-refractivity contribution in [3.05, 3.63) is 58.6 Å². The summed E-state index contributed by atoms with van der Waals surface area (Å²) in [5.41, 5.74) is 1.93. The van der Waals surface area contributed by atoms with Crippen LogP contribution in [0.15, 0.2) is 53.0 Å². The van der Waals surface area contributed by atoms with Crippen molar-refractivity contribution < 1.29 is 9.84 Å². The number of hydrogen-bond acceptors (Lipinski definition) is 3. The van der Waals surface area contributed by atoms with Crippen molar-refractivity contribution in [1.29, 1.82) is 0 Å². The molecule has 2 rings (SSSR count). The fraction of sp³-hybridized carbons (Fsp3) is 0.200. The van der Waals surface area contributed by atoms with Gasteiger partial charge in [0.05, 0.1) is 19.8 Å². The predicted octanol–water partition coefficient (Wildman–Crippen LogP) is 3.60. The average molecular weight is 322 g/mol. The lowest BCUT2D eigenvalue weighted by Crippen LogP contribution is -2.15. The number of ether oxygens (including phenoxy) is 1. The van der Waals surface area contributed by atoms with E-state index in [4.69, 9.17) is 4.74 Å². The summed E-state index contributed by atoms with van der Waals surface area (Å²) in [7, 11) is 1.63. The largest absolute Gasteiger partial charge is 0.497 e. The molecule has 0 aliphatic rings. The molecule has 3 nitrogen and oxygen atoms in total. The summed E-state index contributed by atoms with van der Waals surface area (Å²) >= 11 is 3.51. The number of aliphatic hydroxyl groups excluding tert-OH is 1. The maximum Gasteiger partial charge on any atom is 0.119 e. The Labute approximate surface area is 121 Å². The maximum atomic E-state index is 9.60. The van der Waals surface area contributed by atoms with E-state index in [-0.39, 0.29) is 12.6 Å². The first kappa shape index (κ1) is 13.9. The number of nitrogens with one attached hydrogen (secondary N) is 1. The summed E-state index contributed by atoms with van der Waals surface area (Å²) in [4.78, 5) is 0. The highest BCUT2D eigenvalue weighted by Crippen LogP contribution is 2.29. The van der Waals surface area contributed by atoms with Gasteiger partial charge in [-0.3, -0.25) is 0 Å². The fourth-order valence-corrected chi connectivity index (χ4v) is 2.40. The lowest BCUT2D eigenvalue weighted by Gasteiger charge is -2.20. The number of halogens is 1. The maximum absolute atomic E-state index is 9.60. The van der Waals surface area contributed by atoms with Crippen LogP contribution in [0.5, 0.6) is 5.75 Å². The highest BCUT2D eigenvalue weighted by Gasteiger charge is 2.14. The second kappa shape index (κ2) is 6.59. The molecule has 4 heteroatoms. The van der Waals surface area contributed by atoms with Crippen molar-refractivity contribution >= 4 is 21.6 Å². The minimum Gasteiger partial charge on any atom is -0.497 e. The summed E-state index contributed by atoms with van der Waals surface area (Å²) in [5, 5.41) is 12.9. The van der Waals surface area contributed by atoms with Crippen LogP contribution in [0.1, 0.15) is 11.6 Å². The van der Waals surface area contributed by atoms with Gasteiger partial charge in [-0.25, -0.2) is 0 Å². The van der Waals surface area contributed by atoms with Crippen LogP contribution in [0.25, 0.3) is 0 Å². The van der Waals surface area contributed by atoms with Crippen molar-refractivity contribution in [2.45, 2.75) is 6.04 Å². The van der Waals surface area contributed by atoms with E-state index in [1.54, 1.807) is 7.11 Å². The van der Waals surface area contributed by atoms with E-state index in [0.717, 1.165) is 21.5 Å². The number of methoxy groups -OCH3 is 1. The van der Waals surface area contributed by atoms with Gasteiger partial charge in [0, 0.05) is 10.2 Å². The molecule has 0 saturated carbocycles. The van der Waals surface area contributed by atoms with Crippen molar-refractivity contribution in [3.8, 4) is 5.75 Å². The molecular weight excluding hydrogens is 306 g/mol. The van der Waals surface area contributed by atoms with Crippen LogP contribution in [-0.2, 0) is 0 Å². The Morgan fingerprint density at radius 3 is 2.58 bits per heavy atom. The minimum absolute atomic E-state index is 0.000657. The van der Waals surface area contributed by atoms with Gasteiger partial charge in [0.1, 0.15) is 5.75 Å². The molecule has 1 unspecified atom stereocenters. The van der Waals surface area contributed by atoms with E-state index in [2.05, 4.69) is 21.2 Å². The molecule has 19 heavy (non-hydrogen) atoms. The van der Waals surface area contributed by atoms with Crippen LogP contribution in [0.2, 0.25) is 0 Å². The summed E-state index contributed by atoms with van der Waals surface area (Å²) in [5.74, 6) is 0.770. The Morgan fingerprint density at radius 1 is 1.21 bits per heavy atom. The van der Waals surface area contributed by atoms with Crippen LogP contribution >= 0.6 is 15.9 Å². The number of rotatable bonds is 5. The second-order valence-corrected chi connectivity index (χ2v) is 4.99. The molecule has 0 radical (unpaired) electrons. The van der Waals surface area contributed by atoms with E-state index in [0.29, 0.717) is 0 Å². The molecule has 0 amide bonds. The summed E-state index contributed by atoms with van der Waals surface area (Å²) in [6.07, 6.45) is 0. The number of anilines is 1. The zero-order valence-corrected chi connectivity index (χ0v) is 12.2. The van der Waals surface area contributed by atoms with E-state index in [9.17, 15) is 5.11 Å². The van der Waals surface area contributed by atoms with Gasteiger partial charge in [-0.1, -0.05) is 34.1 Å². The first-order valence-corrected chi connectivity index (χ1v) is 6.79. The molecule has 0 aliphatic carbocycles. The normalized spacial score (nSPS) is 11.9. The third-order valence-electron chi connectivity index (χ3n) is 2.88. The van der Waals surface area contributed by atoms with Gasteiger partial charge < -0.3 is 15.2 Å². The van der Waals surface area contributed by atoms with Crippen molar-refractivity contribution in [2.75, 3.05) is 19.0 Å². The summed E-state index contributed by atoms with van der Waals surface area (Å²) in [6.45, 7) is 0.000657. The Balaban J connectivity index is 2.26. The second-order valence-electron chi connectivity index (χ2n) is 4.13. The van der Waals surface area contributed by atoms with Crippen LogP contribution in [0, 0.1) is 0 Å². The fourth-order valence-electron chi connectivity index (χ4n) is 1.87. The average Bonchev–Trinajstić information content (AvgIpc) is 2.47. The number of aliphatic hydroxyl groups is 1. The lowest BCUT2D eigenvalue weighted by atomic mass is 10.1. The molecule has 100 valence electrons. The highest BCUT2D eigenvalue weighted by molar-refractivity contribution is 9.10. The number of hydrogen-bond donors (Lipinski definition) is 2. The van der Waals surface area contributed by atoms with Crippen LogP contribution in [0.4, 0.5) is 5.69 Å². The van der Waals surface area contributed by atoms with Crippen molar-refractivity contribution in [3.63, 3.8) is 0 Å². The number of para-hydroxylation sites is 1. The standard InChI is InChI=1S/C15H16BrNO2/c1-19-12-7-8-14(16)13(9-12)15(10-18)17-11-5-3-2-4-6-11/h2-9,15,17-18H,10H2,1H3. The first-order chi connectivity index (χ1) is 9.24. The Morgan fingerprint density at radius 2 is 1.95 bits per heavy atom. The lowest BCUT2D eigenvalue weighted by molar-refractivity contribution is 0.275. The highest BCUT2D eigenvalue weighted by atomic mass is 79.9. The zero-order chi connectivity index (χ0) is 13.7. The van der Waals surface area contributed by atoms with E-state index < -0.39 is 0 Å². The smallest absolute Gasteiger partial charge is 0.119 e. The number of benzene rings is 2. The third kappa shape index (κ3) is 3.49. The zero-order valence-electron chi connectivity index (χ0n) is 10.6. The molecule has 2 aromatic carbocycles. The molecule has 0 heterocycles. The van der Waals surface area contributed by atoms with Gasteiger partial charge >= 0.3 is 0 Å². The van der Waals surface area contributed by atoms with Gasteiger partial charge in [-0.15, -0.1) is 0 Å². The molecule has 0 bridgehead atoms. The minimum atomic E-state index is -0.188. The third-order valence-corrected chi connectivity index (χ3v) is 3.60. The molecular formula is C15H16BrNO2. The monoisotopic (exact) mass is 321 g/mol. The summed E-state index contributed by atoms with van der Waals surface area (Å²) < 4.78 is 6.17. The van der Waals surface area contributed by atoms with Crippen molar-refractivity contribution in [2.24, 2.45) is 0 Å². The SMILES string of the molecule is COc1ccc(Br)c(C(CO)Nc2ccccc2)c1. The molecule has 0 aliphatic heterocycles. The quantitative estimate of drug-likeness (QED) is 0.884. The van der Waals surface area contributed by atoms with Crippen molar-refractivity contribution in [1.82, 2.24) is 0 Å². The van der Waals surface area contributed by atoms with Gasteiger partial charge in [0.2, 0.25) is 0 Å². The van der Waals surface area contributed by atoms with Crippen LogP contribution in [-0.4, -0.2) is 18.8 Å². The Hall–Kier alpha value is -1.52. The molecule has 0 aromatic heterocycles. The molecule has 1 atom stereocenters. The van der Waals surface area contributed by atoms with E-state index in [1.165, 1.54) is 0 Å². The molecule has 0 spiro atoms. The predicted molar refractivity (Wildman–Crippen MR) is 80.6 cm³/mol. The van der Waals surface area contributed by atoms with Gasteiger partial charge in [0.15, 0.2) is 0 Å². The van der Waals surface area contributed by atoms with E-state index in [1.807, 2.05) is 48.5 Å². The Bertz CT molecular complexity index is 531. The molecule has 0 saturated heterocycles. The first-order valence-electron chi connectivity index (χ1n) is 6.00.